The molecule has 5 heteroatoms. The third-order valence-electron chi connectivity index (χ3n) is 4.13. The van der Waals surface area contributed by atoms with Gasteiger partial charge in [0, 0.05) is 18.7 Å². The predicted octanol–water partition coefficient (Wildman–Crippen LogP) is 3.43. The number of benzene rings is 2. The lowest BCUT2D eigenvalue weighted by Gasteiger charge is -2.17. The maximum absolute atomic E-state index is 13.9. The Morgan fingerprint density at radius 1 is 1.17 bits per heavy atom. The van der Waals surface area contributed by atoms with Gasteiger partial charge in [-0.3, -0.25) is 9.59 Å². The molecule has 1 saturated heterocycles. The van der Waals surface area contributed by atoms with Gasteiger partial charge < -0.3 is 10.2 Å². The molecule has 1 N–H and O–H groups in total. The van der Waals surface area contributed by atoms with Crippen LogP contribution < -0.4 is 10.2 Å². The molecule has 3 rings (SSSR count). The van der Waals surface area contributed by atoms with Crippen LogP contribution in [0.3, 0.4) is 0 Å². The molecule has 4 nitrogen and oxygen atoms in total. The van der Waals surface area contributed by atoms with Crippen molar-refractivity contribution in [2.75, 3.05) is 16.8 Å². The molecule has 0 bridgehead atoms. The summed E-state index contributed by atoms with van der Waals surface area (Å²) in [6, 6.07) is 11.9. The fraction of sp³-hybridized carbons (Fsp3) is 0.263. The Balaban J connectivity index is 1.73. The Morgan fingerprint density at radius 2 is 1.83 bits per heavy atom. The lowest BCUT2D eigenvalue weighted by atomic mass is 10.1. The van der Waals surface area contributed by atoms with Gasteiger partial charge in [0.05, 0.1) is 11.6 Å². The summed E-state index contributed by atoms with van der Waals surface area (Å²) in [5.41, 5.74) is 3.06. The number of halogens is 1. The van der Waals surface area contributed by atoms with Gasteiger partial charge in [-0.25, -0.2) is 4.39 Å². The number of carbonyl (C=O) groups excluding carboxylic acids is 2. The molecule has 124 valence electrons. The molecular weight excluding hydrogens is 307 g/mol. The highest BCUT2D eigenvalue weighted by Gasteiger charge is 2.36. The molecule has 0 aliphatic carbocycles. The van der Waals surface area contributed by atoms with E-state index in [0.29, 0.717) is 5.69 Å². The second-order valence-electron chi connectivity index (χ2n) is 6.22. The number of nitrogens with one attached hydrogen (secondary N) is 1. The summed E-state index contributed by atoms with van der Waals surface area (Å²) in [5, 5.41) is 2.86. The Labute approximate surface area is 140 Å². The standard InChI is InChI=1S/C19H19FN2O2/c1-12-7-13(2)9-15(8-12)21-19(24)14-10-18(23)22(11-14)17-6-4-3-5-16(17)20/h3-9,14H,10-11H2,1-2H3,(H,21,24)/t14-/m1/s1. The summed E-state index contributed by atoms with van der Waals surface area (Å²) in [6.45, 7) is 4.11. The molecule has 0 aromatic heterocycles. The molecule has 0 spiro atoms. The first-order valence-corrected chi connectivity index (χ1v) is 7.88. The van der Waals surface area contributed by atoms with Gasteiger partial charge in [-0.2, -0.15) is 0 Å². The molecule has 24 heavy (non-hydrogen) atoms. The largest absolute Gasteiger partial charge is 0.326 e. The van der Waals surface area contributed by atoms with Crippen LogP contribution in [0.5, 0.6) is 0 Å². The van der Waals surface area contributed by atoms with E-state index < -0.39 is 11.7 Å². The number of para-hydroxylation sites is 1. The number of carbonyl (C=O) groups is 2. The van der Waals surface area contributed by atoms with Crippen molar-refractivity contribution >= 4 is 23.2 Å². The average molecular weight is 326 g/mol. The molecule has 1 aliphatic rings. The number of anilines is 2. The van der Waals surface area contributed by atoms with Crippen LogP contribution in [0.15, 0.2) is 42.5 Å². The lowest BCUT2D eigenvalue weighted by Crippen LogP contribution is -2.28. The van der Waals surface area contributed by atoms with Crippen molar-refractivity contribution in [3.05, 3.63) is 59.4 Å². The second kappa shape index (κ2) is 6.43. The van der Waals surface area contributed by atoms with Crippen molar-refractivity contribution in [3.63, 3.8) is 0 Å². The minimum Gasteiger partial charge on any atom is -0.326 e. The highest BCUT2D eigenvalue weighted by molar-refractivity contribution is 6.03. The quantitative estimate of drug-likeness (QED) is 0.939. The molecule has 0 saturated carbocycles. The zero-order chi connectivity index (χ0) is 17.3. The van der Waals surface area contributed by atoms with Crippen LogP contribution in [0.1, 0.15) is 17.5 Å². The number of amides is 2. The minimum atomic E-state index is -0.488. The summed E-state index contributed by atoms with van der Waals surface area (Å²) in [5.74, 6) is -1.40. The SMILES string of the molecule is Cc1cc(C)cc(NC(=O)[C@@H]2CC(=O)N(c3ccccc3F)C2)c1. The highest BCUT2D eigenvalue weighted by atomic mass is 19.1. The van der Waals surface area contributed by atoms with Gasteiger partial charge in [0.25, 0.3) is 0 Å². The van der Waals surface area contributed by atoms with E-state index in [-0.39, 0.29) is 30.5 Å². The summed E-state index contributed by atoms with van der Waals surface area (Å²) in [6.07, 6.45) is 0.0883. The molecule has 1 heterocycles. The van der Waals surface area contributed by atoms with Gasteiger partial charge in [0.1, 0.15) is 5.82 Å². The van der Waals surface area contributed by atoms with Gasteiger partial charge in [-0.05, 0) is 49.2 Å². The summed E-state index contributed by atoms with van der Waals surface area (Å²) < 4.78 is 13.9. The molecule has 1 aliphatic heterocycles. The maximum atomic E-state index is 13.9. The van der Waals surface area contributed by atoms with Crippen molar-refractivity contribution < 1.29 is 14.0 Å². The van der Waals surface area contributed by atoms with Crippen LogP contribution in [-0.2, 0) is 9.59 Å². The summed E-state index contributed by atoms with van der Waals surface area (Å²) in [7, 11) is 0. The second-order valence-corrected chi connectivity index (χ2v) is 6.22. The van der Waals surface area contributed by atoms with E-state index in [9.17, 15) is 14.0 Å². The fourth-order valence-electron chi connectivity index (χ4n) is 3.08. The zero-order valence-electron chi connectivity index (χ0n) is 13.7. The third-order valence-corrected chi connectivity index (χ3v) is 4.13. The highest BCUT2D eigenvalue weighted by Crippen LogP contribution is 2.28. The number of hydrogen-bond acceptors (Lipinski definition) is 2. The molecule has 1 atom stereocenters. The van der Waals surface area contributed by atoms with Crippen molar-refractivity contribution in [2.24, 2.45) is 5.92 Å². The van der Waals surface area contributed by atoms with Crippen molar-refractivity contribution in [2.45, 2.75) is 20.3 Å². The maximum Gasteiger partial charge on any atom is 0.229 e. The van der Waals surface area contributed by atoms with Crippen LogP contribution in [0.2, 0.25) is 0 Å². The average Bonchev–Trinajstić information content (AvgIpc) is 2.88. The molecule has 0 radical (unpaired) electrons. The monoisotopic (exact) mass is 326 g/mol. The Bertz CT molecular complexity index is 783. The minimum absolute atomic E-state index is 0.0883. The van der Waals surface area contributed by atoms with E-state index >= 15 is 0 Å². The third kappa shape index (κ3) is 3.30. The molecule has 0 unspecified atom stereocenters. The smallest absolute Gasteiger partial charge is 0.229 e. The molecule has 1 fully saturated rings. The van der Waals surface area contributed by atoms with E-state index in [1.165, 1.54) is 11.0 Å². The Kier molecular flexibility index (Phi) is 4.34. The van der Waals surface area contributed by atoms with Crippen LogP contribution in [0, 0.1) is 25.6 Å². The lowest BCUT2D eigenvalue weighted by molar-refractivity contribution is -0.122. The van der Waals surface area contributed by atoms with Crippen LogP contribution in [0.25, 0.3) is 0 Å². The van der Waals surface area contributed by atoms with E-state index in [4.69, 9.17) is 0 Å². The molecule has 2 amide bonds. The van der Waals surface area contributed by atoms with E-state index in [2.05, 4.69) is 5.32 Å². The number of aryl methyl sites for hydroxylation is 2. The van der Waals surface area contributed by atoms with Crippen LogP contribution >= 0.6 is 0 Å². The van der Waals surface area contributed by atoms with Crippen molar-refractivity contribution in [1.82, 2.24) is 0 Å². The van der Waals surface area contributed by atoms with E-state index in [1.54, 1.807) is 18.2 Å². The number of hydrogen-bond donors (Lipinski definition) is 1. The van der Waals surface area contributed by atoms with Gasteiger partial charge in [-0.15, -0.1) is 0 Å². The molecule has 2 aromatic carbocycles. The fourth-order valence-corrected chi connectivity index (χ4v) is 3.08. The predicted molar refractivity (Wildman–Crippen MR) is 91.4 cm³/mol. The number of rotatable bonds is 3. The van der Waals surface area contributed by atoms with Gasteiger partial charge >= 0.3 is 0 Å². The Hall–Kier alpha value is -2.69. The first-order valence-electron chi connectivity index (χ1n) is 7.88. The van der Waals surface area contributed by atoms with Crippen LogP contribution in [-0.4, -0.2) is 18.4 Å². The van der Waals surface area contributed by atoms with Crippen molar-refractivity contribution in [3.8, 4) is 0 Å². The van der Waals surface area contributed by atoms with Gasteiger partial charge in [0.15, 0.2) is 0 Å². The first kappa shape index (κ1) is 16.2. The molecule has 2 aromatic rings. The van der Waals surface area contributed by atoms with Crippen LogP contribution in [0.4, 0.5) is 15.8 Å². The van der Waals surface area contributed by atoms with Gasteiger partial charge in [-0.1, -0.05) is 18.2 Å². The zero-order valence-corrected chi connectivity index (χ0v) is 13.7. The summed E-state index contributed by atoms with van der Waals surface area (Å²) in [4.78, 5) is 26.0. The number of nitrogens with zero attached hydrogens (tertiary/aromatic N) is 1. The summed E-state index contributed by atoms with van der Waals surface area (Å²) >= 11 is 0. The molecular formula is C19H19FN2O2. The normalized spacial score (nSPS) is 17.2. The van der Waals surface area contributed by atoms with Crippen molar-refractivity contribution in [1.29, 1.82) is 0 Å². The van der Waals surface area contributed by atoms with E-state index in [1.807, 2.05) is 32.0 Å². The van der Waals surface area contributed by atoms with E-state index in [0.717, 1.165) is 11.1 Å². The first-order chi connectivity index (χ1) is 11.4. The topological polar surface area (TPSA) is 49.4 Å². The Morgan fingerprint density at radius 3 is 2.50 bits per heavy atom. The van der Waals surface area contributed by atoms with Gasteiger partial charge in [0.2, 0.25) is 11.8 Å².